The van der Waals surface area contributed by atoms with Gasteiger partial charge in [-0.25, -0.2) is 0 Å². The molecule has 2 aromatic rings. The zero-order chi connectivity index (χ0) is 19.9. The maximum atomic E-state index is 12.5. The minimum absolute atomic E-state index is 0.126. The fourth-order valence-electron chi connectivity index (χ4n) is 2.99. The standard InChI is InChI=1S/C21H24ClN3O3/c1-2-11-23-21(27)19-13-25(17-5-3-4-6-18(17)28-19)14-20(26)24-12-15-7-9-16(22)10-8-15/h3-10,19H,2,11-14H2,1H3,(H,23,27)(H,24,26)/t19-/m1/s1. The van der Waals surface area contributed by atoms with Gasteiger partial charge in [0.05, 0.1) is 18.8 Å². The topological polar surface area (TPSA) is 70.7 Å². The fourth-order valence-corrected chi connectivity index (χ4v) is 3.11. The van der Waals surface area contributed by atoms with Crippen LogP contribution in [-0.4, -0.2) is 37.6 Å². The molecule has 6 nitrogen and oxygen atoms in total. The Kier molecular flexibility index (Phi) is 6.76. The number of hydrogen-bond donors (Lipinski definition) is 2. The van der Waals surface area contributed by atoms with E-state index in [4.69, 9.17) is 16.3 Å². The number of carbonyl (C=O) groups excluding carboxylic acids is 2. The number of nitrogens with zero attached hydrogens (tertiary/aromatic N) is 1. The van der Waals surface area contributed by atoms with Crippen LogP contribution in [0.2, 0.25) is 5.02 Å². The monoisotopic (exact) mass is 401 g/mol. The molecule has 0 spiro atoms. The van der Waals surface area contributed by atoms with Crippen LogP contribution in [0.25, 0.3) is 0 Å². The van der Waals surface area contributed by atoms with Crippen molar-refractivity contribution >= 4 is 29.1 Å². The highest BCUT2D eigenvalue weighted by atomic mass is 35.5. The zero-order valence-electron chi connectivity index (χ0n) is 15.8. The Labute approximate surface area is 169 Å². The van der Waals surface area contributed by atoms with Crippen LogP contribution in [0.1, 0.15) is 18.9 Å². The molecule has 1 aliphatic rings. The second kappa shape index (κ2) is 9.46. The van der Waals surface area contributed by atoms with Crippen molar-refractivity contribution < 1.29 is 14.3 Å². The molecule has 0 saturated heterocycles. The molecule has 0 bridgehead atoms. The van der Waals surface area contributed by atoms with Gasteiger partial charge in [0.15, 0.2) is 6.10 Å². The number of benzene rings is 2. The van der Waals surface area contributed by atoms with Crippen molar-refractivity contribution in [1.82, 2.24) is 10.6 Å². The average Bonchev–Trinajstić information content (AvgIpc) is 2.71. The van der Waals surface area contributed by atoms with Gasteiger partial charge >= 0.3 is 0 Å². The van der Waals surface area contributed by atoms with Crippen LogP contribution in [-0.2, 0) is 16.1 Å². The Hall–Kier alpha value is -2.73. The van der Waals surface area contributed by atoms with E-state index in [2.05, 4.69) is 10.6 Å². The molecular weight excluding hydrogens is 378 g/mol. The second-order valence-corrected chi connectivity index (χ2v) is 7.09. The number of rotatable bonds is 7. The lowest BCUT2D eigenvalue weighted by Gasteiger charge is -2.35. The molecular formula is C21H24ClN3O3. The van der Waals surface area contributed by atoms with E-state index in [1.165, 1.54) is 0 Å². The Balaban J connectivity index is 1.64. The molecule has 148 valence electrons. The normalized spacial score (nSPS) is 15.4. The van der Waals surface area contributed by atoms with Crippen molar-refractivity contribution in [2.45, 2.75) is 26.0 Å². The maximum Gasteiger partial charge on any atom is 0.262 e. The number of halogens is 1. The Morgan fingerprint density at radius 3 is 2.64 bits per heavy atom. The number of ether oxygens (including phenoxy) is 1. The SMILES string of the molecule is CCCNC(=O)[C@H]1CN(CC(=O)NCc2ccc(Cl)cc2)c2ccccc2O1. The van der Waals surface area contributed by atoms with E-state index in [1.807, 2.05) is 48.2 Å². The molecule has 0 fully saturated rings. The quantitative estimate of drug-likeness (QED) is 0.748. The first-order valence-electron chi connectivity index (χ1n) is 9.36. The average molecular weight is 402 g/mol. The first-order chi connectivity index (χ1) is 13.6. The summed E-state index contributed by atoms with van der Waals surface area (Å²) in [6.07, 6.45) is 0.205. The zero-order valence-corrected chi connectivity index (χ0v) is 16.5. The third-order valence-electron chi connectivity index (χ3n) is 4.44. The molecule has 0 radical (unpaired) electrons. The van der Waals surface area contributed by atoms with Gasteiger partial charge in [-0.3, -0.25) is 9.59 Å². The van der Waals surface area contributed by atoms with E-state index >= 15 is 0 Å². The predicted octanol–water partition coefficient (Wildman–Crippen LogP) is 2.75. The summed E-state index contributed by atoms with van der Waals surface area (Å²) in [5.74, 6) is 0.318. The smallest absolute Gasteiger partial charge is 0.262 e. The molecule has 0 unspecified atom stereocenters. The number of fused-ring (bicyclic) bond motifs is 1. The first kappa shape index (κ1) is 20.0. The molecule has 1 atom stereocenters. The largest absolute Gasteiger partial charge is 0.477 e. The van der Waals surface area contributed by atoms with Crippen molar-refractivity contribution in [1.29, 1.82) is 0 Å². The number of anilines is 1. The van der Waals surface area contributed by atoms with Gasteiger partial charge in [-0.2, -0.15) is 0 Å². The molecule has 2 N–H and O–H groups in total. The van der Waals surface area contributed by atoms with Gasteiger partial charge in [0, 0.05) is 18.1 Å². The van der Waals surface area contributed by atoms with E-state index in [-0.39, 0.29) is 18.4 Å². The Morgan fingerprint density at radius 1 is 1.14 bits per heavy atom. The molecule has 0 saturated carbocycles. The molecule has 28 heavy (non-hydrogen) atoms. The third-order valence-corrected chi connectivity index (χ3v) is 4.69. The summed E-state index contributed by atoms with van der Waals surface area (Å²) in [6.45, 7) is 3.48. The first-order valence-corrected chi connectivity index (χ1v) is 9.74. The van der Waals surface area contributed by atoms with Gasteiger partial charge in [0.1, 0.15) is 5.75 Å². The van der Waals surface area contributed by atoms with Crippen LogP contribution >= 0.6 is 11.6 Å². The molecule has 7 heteroatoms. The molecule has 0 aliphatic carbocycles. The van der Waals surface area contributed by atoms with Gasteiger partial charge < -0.3 is 20.3 Å². The van der Waals surface area contributed by atoms with Gasteiger partial charge in [0.25, 0.3) is 5.91 Å². The summed E-state index contributed by atoms with van der Waals surface area (Å²) in [4.78, 5) is 26.7. The van der Waals surface area contributed by atoms with Crippen LogP contribution in [0.4, 0.5) is 5.69 Å². The Bertz CT molecular complexity index is 826. The maximum absolute atomic E-state index is 12.5. The number of nitrogens with one attached hydrogen (secondary N) is 2. The molecule has 1 aliphatic heterocycles. The van der Waals surface area contributed by atoms with Crippen molar-refractivity contribution in [2.24, 2.45) is 0 Å². The van der Waals surface area contributed by atoms with E-state index in [1.54, 1.807) is 12.1 Å². The van der Waals surface area contributed by atoms with E-state index in [0.717, 1.165) is 17.7 Å². The highest BCUT2D eigenvalue weighted by molar-refractivity contribution is 6.30. The third kappa shape index (κ3) is 5.16. The van der Waals surface area contributed by atoms with Gasteiger partial charge in [-0.1, -0.05) is 42.8 Å². The van der Waals surface area contributed by atoms with E-state index < -0.39 is 6.10 Å². The number of amides is 2. The van der Waals surface area contributed by atoms with Crippen LogP contribution in [0.5, 0.6) is 5.75 Å². The second-order valence-electron chi connectivity index (χ2n) is 6.65. The van der Waals surface area contributed by atoms with Crippen molar-refractivity contribution in [3.05, 3.63) is 59.1 Å². The number of carbonyl (C=O) groups is 2. The fraction of sp³-hybridized carbons (Fsp3) is 0.333. The minimum atomic E-state index is -0.648. The molecule has 3 rings (SSSR count). The summed E-state index contributed by atoms with van der Waals surface area (Å²) in [5.41, 5.74) is 1.78. The van der Waals surface area contributed by atoms with Crippen molar-refractivity contribution in [3.63, 3.8) is 0 Å². The number of para-hydroxylation sites is 2. The highest BCUT2D eigenvalue weighted by Gasteiger charge is 2.31. The van der Waals surface area contributed by atoms with Crippen molar-refractivity contribution in [3.8, 4) is 5.75 Å². The van der Waals surface area contributed by atoms with Crippen LogP contribution < -0.4 is 20.3 Å². The predicted molar refractivity (Wildman–Crippen MR) is 110 cm³/mol. The lowest BCUT2D eigenvalue weighted by atomic mass is 10.1. The van der Waals surface area contributed by atoms with Crippen LogP contribution in [0.15, 0.2) is 48.5 Å². The van der Waals surface area contributed by atoms with Gasteiger partial charge in [0.2, 0.25) is 5.91 Å². The van der Waals surface area contributed by atoms with Gasteiger partial charge in [-0.05, 0) is 36.2 Å². The number of hydrogen-bond acceptors (Lipinski definition) is 4. The minimum Gasteiger partial charge on any atom is -0.477 e. The lowest BCUT2D eigenvalue weighted by molar-refractivity contribution is -0.128. The summed E-state index contributed by atoms with van der Waals surface area (Å²) < 4.78 is 5.85. The molecule has 1 heterocycles. The van der Waals surface area contributed by atoms with Crippen molar-refractivity contribution in [2.75, 3.05) is 24.5 Å². The molecule has 2 aromatic carbocycles. The summed E-state index contributed by atoms with van der Waals surface area (Å²) in [6, 6.07) is 14.8. The Morgan fingerprint density at radius 2 is 1.89 bits per heavy atom. The summed E-state index contributed by atoms with van der Waals surface area (Å²) in [5, 5.41) is 6.43. The van der Waals surface area contributed by atoms with Crippen LogP contribution in [0.3, 0.4) is 0 Å². The summed E-state index contributed by atoms with van der Waals surface area (Å²) in [7, 11) is 0. The van der Waals surface area contributed by atoms with Gasteiger partial charge in [-0.15, -0.1) is 0 Å². The summed E-state index contributed by atoms with van der Waals surface area (Å²) >= 11 is 5.88. The molecule has 2 amide bonds. The van der Waals surface area contributed by atoms with E-state index in [9.17, 15) is 9.59 Å². The lowest BCUT2D eigenvalue weighted by Crippen LogP contribution is -2.51. The van der Waals surface area contributed by atoms with E-state index in [0.29, 0.717) is 30.4 Å². The van der Waals surface area contributed by atoms with Crippen LogP contribution in [0, 0.1) is 0 Å². The highest BCUT2D eigenvalue weighted by Crippen LogP contribution is 2.32. The molecule has 0 aromatic heterocycles.